The topological polar surface area (TPSA) is 149 Å². The summed E-state index contributed by atoms with van der Waals surface area (Å²) in [5.41, 5.74) is 0.403. The van der Waals surface area contributed by atoms with E-state index in [1.54, 1.807) is 4.68 Å². The van der Waals surface area contributed by atoms with Crippen LogP contribution in [-0.4, -0.2) is 47.1 Å². The third kappa shape index (κ3) is 5.17. The van der Waals surface area contributed by atoms with E-state index >= 15 is 0 Å². The van der Waals surface area contributed by atoms with Crippen molar-refractivity contribution in [3.05, 3.63) is 88.0 Å². The molecule has 0 aliphatic carbocycles. The quantitative estimate of drug-likeness (QED) is 0.205. The second-order valence-electron chi connectivity index (χ2n) is 6.89. The first-order chi connectivity index (χ1) is 16.3. The molecule has 0 aliphatic heterocycles. The molecule has 11 nitrogen and oxygen atoms in total. The van der Waals surface area contributed by atoms with Crippen molar-refractivity contribution in [3.8, 4) is 16.4 Å². The van der Waals surface area contributed by atoms with Crippen molar-refractivity contribution >= 4 is 33.0 Å². The number of nitro groups is 1. The number of sulfonamides is 1. The van der Waals surface area contributed by atoms with Crippen LogP contribution in [0.5, 0.6) is 0 Å². The van der Waals surface area contributed by atoms with Crippen LogP contribution in [0.15, 0.2) is 77.0 Å². The van der Waals surface area contributed by atoms with Gasteiger partial charge in [-0.2, -0.15) is 0 Å². The average Bonchev–Trinajstić information content (AvgIpc) is 3.52. The van der Waals surface area contributed by atoms with Crippen LogP contribution in [0, 0.1) is 10.1 Å². The lowest BCUT2D eigenvalue weighted by molar-refractivity contribution is -0.385. The third-order valence-corrected chi connectivity index (χ3v) is 6.92. The summed E-state index contributed by atoms with van der Waals surface area (Å²) in [5.74, 6) is -0.117. The first kappa shape index (κ1) is 23.2. The summed E-state index contributed by atoms with van der Waals surface area (Å²) in [4.78, 5) is 27.8. The molecule has 2 heterocycles. The summed E-state index contributed by atoms with van der Waals surface area (Å²) in [6.45, 7) is -0.171. The molecule has 13 heteroatoms. The Morgan fingerprint density at radius 3 is 2.56 bits per heavy atom. The summed E-state index contributed by atoms with van der Waals surface area (Å²) in [6, 6.07) is 17.7. The molecule has 0 saturated carbocycles. The first-order valence-electron chi connectivity index (χ1n) is 9.94. The monoisotopic (exact) mass is 498 g/mol. The molecule has 0 saturated heterocycles. The molecule has 2 aromatic heterocycles. The Labute approximate surface area is 198 Å². The van der Waals surface area contributed by atoms with Gasteiger partial charge in [0.05, 0.1) is 20.4 Å². The highest BCUT2D eigenvalue weighted by atomic mass is 32.2. The van der Waals surface area contributed by atoms with E-state index in [9.17, 15) is 23.3 Å². The molecule has 34 heavy (non-hydrogen) atoms. The van der Waals surface area contributed by atoms with Gasteiger partial charge >= 0.3 is 0 Å². The van der Waals surface area contributed by atoms with Crippen molar-refractivity contribution in [2.45, 2.75) is 4.90 Å². The standard InChI is InChI=1S/C21H18N6O5S2/c28-21(22-11-12-23-34(31,32)17-9-4-8-16(14-17)27(29)30)19-24-20(18-10-5-13-33-18)26(25-19)15-6-2-1-3-7-15/h1-10,13-14,23H,11-12H2,(H,22,28). The lowest BCUT2D eigenvalue weighted by atomic mass is 10.3. The highest BCUT2D eigenvalue weighted by molar-refractivity contribution is 7.89. The number of amides is 1. The summed E-state index contributed by atoms with van der Waals surface area (Å²) >= 11 is 1.46. The Morgan fingerprint density at radius 1 is 1.06 bits per heavy atom. The molecule has 0 aliphatic rings. The maximum atomic E-state index is 12.6. The van der Waals surface area contributed by atoms with E-state index in [0.717, 1.165) is 16.6 Å². The van der Waals surface area contributed by atoms with E-state index in [-0.39, 0.29) is 29.5 Å². The van der Waals surface area contributed by atoms with E-state index in [2.05, 4.69) is 20.1 Å². The zero-order chi connectivity index (χ0) is 24.1. The third-order valence-electron chi connectivity index (χ3n) is 4.59. The molecule has 0 atom stereocenters. The van der Waals surface area contributed by atoms with E-state index in [1.807, 2.05) is 47.8 Å². The average molecular weight is 499 g/mol. The zero-order valence-corrected chi connectivity index (χ0v) is 19.1. The number of carbonyl (C=O) groups is 1. The van der Waals surface area contributed by atoms with E-state index in [0.29, 0.717) is 5.82 Å². The molecule has 4 aromatic rings. The number of aromatic nitrogens is 3. The predicted octanol–water partition coefficient (Wildman–Crippen LogP) is 2.61. The maximum Gasteiger partial charge on any atom is 0.291 e. The molecule has 0 bridgehead atoms. The Kier molecular flexibility index (Phi) is 6.77. The number of nitrogens with one attached hydrogen (secondary N) is 2. The molecular formula is C21H18N6O5S2. The van der Waals surface area contributed by atoms with Crippen LogP contribution in [0.2, 0.25) is 0 Å². The smallest absolute Gasteiger partial charge is 0.291 e. The lowest BCUT2D eigenvalue weighted by Crippen LogP contribution is -2.35. The Morgan fingerprint density at radius 2 is 1.85 bits per heavy atom. The van der Waals surface area contributed by atoms with Crippen LogP contribution in [0.25, 0.3) is 16.4 Å². The summed E-state index contributed by atoms with van der Waals surface area (Å²) in [5, 5.41) is 19.7. The fraction of sp³-hybridized carbons (Fsp3) is 0.0952. The number of benzene rings is 2. The van der Waals surface area contributed by atoms with Gasteiger partial charge in [-0.3, -0.25) is 14.9 Å². The fourth-order valence-electron chi connectivity index (χ4n) is 3.01. The van der Waals surface area contributed by atoms with Crippen molar-refractivity contribution in [3.63, 3.8) is 0 Å². The largest absolute Gasteiger partial charge is 0.348 e. The van der Waals surface area contributed by atoms with Crippen LogP contribution in [0.4, 0.5) is 5.69 Å². The highest BCUT2D eigenvalue weighted by Crippen LogP contribution is 2.25. The SMILES string of the molecule is O=C(NCCNS(=O)(=O)c1cccc([N+](=O)[O-])c1)c1nc(-c2cccs2)n(-c2ccccc2)n1. The zero-order valence-electron chi connectivity index (χ0n) is 17.5. The van der Waals surface area contributed by atoms with Crippen LogP contribution >= 0.6 is 11.3 Å². The van der Waals surface area contributed by atoms with Crippen LogP contribution in [-0.2, 0) is 10.0 Å². The fourth-order valence-corrected chi connectivity index (χ4v) is 4.78. The van der Waals surface area contributed by atoms with E-state index < -0.39 is 20.9 Å². The minimum Gasteiger partial charge on any atom is -0.348 e. The van der Waals surface area contributed by atoms with Crippen molar-refractivity contribution in [2.24, 2.45) is 0 Å². The molecule has 0 radical (unpaired) electrons. The van der Waals surface area contributed by atoms with Crippen molar-refractivity contribution in [2.75, 3.05) is 13.1 Å². The molecule has 1 amide bonds. The number of hydrogen-bond donors (Lipinski definition) is 2. The summed E-state index contributed by atoms with van der Waals surface area (Å²) < 4.78 is 28.6. The number of rotatable bonds is 9. The van der Waals surface area contributed by atoms with Gasteiger partial charge in [-0.25, -0.2) is 22.8 Å². The normalized spacial score (nSPS) is 11.3. The van der Waals surface area contributed by atoms with E-state index in [1.165, 1.54) is 29.5 Å². The van der Waals surface area contributed by atoms with Gasteiger partial charge in [0.2, 0.25) is 15.8 Å². The molecular weight excluding hydrogens is 480 g/mol. The predicted molar refractivity (Wildman–Crippen MR) is 125 cm³/mol. The Bertz CT molecular complexity index is 1420. The molecule has 0 fully saturated rings. The molecule has 0 unspecified atom stereocenters. The second-order valence-corrected chi connectivity index (χ2v) is 9.61. The minimum atomic E-state index is -3.99. The first-order valence-corrected chi connectivity index (χ1v) is 12.3. The van der Waals surface area contributed by atoms with Gasteiger partial charge in [-0.1, -0.05) is 30.3 Å². The van der Waals surface area contributed by atoms with Gasteiger partial charge in [0.25, 0.3) is 11.6 Å². The van der Waals surface area contributed by atoms with Gasteiger partial charge < -0.3 is 5.32 Å². The van der Waals surface area contributed by atoms with Gasteiger partial charge in [-0.15, -0.1) is 16.4 Å². The van der Waals surface area contributed by atoms with Gasteiger partial charge in [0.1, 0.15) is 0 Å². The molecule has 4 rings (SSSR count). The van der Waals surface area contributed by atoms with Crippen LogP contribution in [0.1, 0.15) is 10.6 Å². The number of non-ortho nitro benzene ring substituents is 1. The Balaban J connectivity index is 1.43. The maximum absolute atomic E-state index is 12.6. The van der Waals surface area contributed by atoms with Gasteiger partial charge in [0.15, 0.2) is 5.82 Å². The van der Waals surface area contributed by atoms with Crippen LogP contribution in [0.3, 0.4) is 0 Å². The number of carbonyl (C=O) groups excluding carboxylic acids is 1. The van der Waals surface area contributed by atoms with Crippen molar-refractivity contribution in [1.82, 2.24) is 24.8 Å². The molecule has 174 valence electrons. The summed E-state index contributed by atoms with van der Waals surface area (Å²) in [7, 11) is -3.99. The summed E-state index contributed by atoms with van der Waals surface area (Å²) in [6.07, 6.45) is 0. The van der Waals surface area contributed by atoms with Crippen LogP contribution < -0.4 is 10.0 Å². The van der Waals surface area contributed by atoms with E-state index in [4.69, 9.17) is 0 Å². The molecule has 0 spiro atoms. The molecule has 2 N–H and O–H groups in total. The number of nitro benzene ring substituents is 1. The van der Waals surface area contributed by atoms with Gasteiger partial charge in [0, 0.05) is 25.2 Å². The number of hydrogen-bond acceptors (Lipinski definition) is 8. The highest BCUT2D eigenvalue weighted by Gasteiger charge is 2.20. The van der Waals surface area contributed by atoms with Gasteiger partial charge in [-0.05, 0) is 29.6 Å². The minimum absolute atomic E-state index is 0.0405. The number of nitrogens with zero attached hydrogens (tertiary/aromatic N) is 4. The lowest BCUT2D eigenvalue weighted by Gasteiger charge is -2.07. The number of para-hydroxylation sites is 1. The second kappa shape index (κ2) is 9.91. The molecule has 2 aromatic carbocycles. The number of thiophene rings is 1. The van der Waals surface area contributed by atoms with Crippen molar-refractivity contribution < 1.29 is 18.1 Å². The Hall–Kier alpha value is -3.94. The van der Waals surface area contributed by atoms with Crippen molar-refractivity contribution in [1.29, 1.82) is 0 Å².